The molecule has 2 aromatic heterocycles. The van der Waals surface area contributed by atoms with Crippen LogP contribution in [0.2, 0.25) is 5.02 Å². The quantitative estimate of drug-likeness (QED) is 0.596. The Morgan fingerprint density at radius 2 is 2.00 bits per heavy atom. The van der Waals surface area contributed by atoms with Gasteiger partial charge in [-0.15, -0.1) is 10.2 Å². The lowest BCUT2D eigenvalue weighted by atomic mass is 10.2. The molecule has 0 fully saturated rings. The third-order valence-corrected chi connectivity index (χ3v) is 4.13. The highest BCUT2D eigenvalue weighted by Gasteiger charge is 2.09. The summed E-state index contributed by atoms with van der Waals surface area (Å²) in [5.74, 6) is 0.473. The zero-order valence-corrected chi connectivity index (χ0v) is 13.2. The Bertz CT molecular complexity index is 1010. The van der Waals surface area contributed by atoms with Gasteiger partial charge in [-0.05, 0) is 30.7 Å². The maximum absolute atomic E-state index is 6.15. The summed E-state index contributed by atoms with van der Waals surface area (Å²) in [6, 6.07) is 13.9. The summed E-state index contributed by atoms with van der Waals surface area (Å²) in [7, 11) is 0. The normalized spacial score (nSPS) is 11.2. The standard InChI is InChI=1S/C17H14ClN5/c1-10-6-7-14-12(8-10)15-16(20-14)21-17(23-22-15)19-9-11-4-2-3-5-13(11)18/h2-8H,9H2,1H3,(H2,19,20,21,23). The van der Waals surface area contributed by atoms with Crippen molar-refractivity contribution in [1.29, 1.82) is 0 Å². The number of nitrogens with one attached hydrogen (secondary N) is 2. The minimum atomic E-state index is 0.473. The van der Waals surface area contributed by atoms with E-state index in [-0.39, 0.29) is 0 Å². The number of halogens is 1. The second-order valence-corrected chi connectivity index (χ2v) is 5.86. The average molecular weight is 324 g/mol. The van der Waals surface area contributed by atoms with Crippen LogP contribution in [0.5, 0.6) is 0 Å². The summed E-state index contributed by atoms with van der Waals surface area (Å²) in [6.07, 6.45) is 0. The smallest absolute Gasteiger partial charge is 0.245 e. The first kappa shape index (κ1) is 14.0. The van der Waals surface area contributed by atoms with Gasteiger partial charge in [-0.25, -0.2) is 0 Å². The van der Waals surface area contributed by atoms with E-state index in [1.807, 2.05) is 30.3 Å². The van der Waals surface area contributed by atoms with E-state index in [4.69, 9.17) is 11.6 Å². The summed E-state index contributed by atoms with van der Waals surface area (Å²) < 4.78 is 0. The van der Waals surface area contributed by atoms with E-state index in [9.17, 15) is 0 Å². The van der Waals surface area contributed by atoms with Crippen molar-refractivity contribution in [2.45, 2.75) is 13.5 Å². The Balaban J connectivity index is 1.66. The van der Waals surface area contributed by atoms with Gasteiger partial charge in [0.15, 0.2) is 5.65 Å². The van der Waals surface area contributed by atoms with Gasteiger partial charge in [0.1, 0.15) is 5.52 Å². The maximum atomic E-state index is 6.15. The largest absolute Gasteiger partial charge is 0.349 e. The van der Waals surface area contributed by atoms with Crippen LogP contribution in [-0.2, 0) is 6.54 Å². The highest BCUT2D eigenvalue weighted by atomic mass is 35.5. The van der Waals surface area contributed by atoms with E-state index in [1.54, 1.807) is 0 Å². The van der Waals surface area contributed by atoms with Crippen molar-refractivity contribution >= 4 is 39.6 Å². The van der Waals surface area contributed by atoms with E-state index >= 15 is 0 Å². The predicted octanol–water partition coefficient (Wildman–Crippen LogP) is 4.08. The Morgan fingerprint density at radius 3 is 2.87 bits per heavy atom. The Hall–Kier alpha value is -2.66. The molecule has 5 nitrogen and oxygen atoms in total. The molecule has 0 bridgehead atoms. The van der Waals surface area contributed by atoms with E-state index in [2.05, 4.69) is 44.5 Å². The number of H-pyrrole nitrogens is 1. The molecule has 114 valence electrons. The SMILES string of the molecule is Cc1ccc2[nH]c3nc(NCc4ccccc4Cl)nnc3c2c1. The van der Waals surface area contributed by atoms with Crippen molar-refractivity contribution in [2.75, 3.05) is 5.32 Å². The summed E-state index contributed by atoms with van der Waals surface area (Å²) in [6.45, 7) is 2.60. The van der Waals surface area contributed by atoms with Crippen LogP contribution in [0.15, 0.2) is 42.5 Å². The molecule has 0 atom stereocenters. The number of hydrogen-bond donors (Lipinski definition) is 2. The van der Waals surface area contributed by atoms with Crippen LogP contribution in [0.3, 0.4) is 0 Å². The van der Waals surface area contributed by atoms with Crippen LogP contribution in [0.1, 0.15) is 11.1 Å². The van der Waals surface area contributed by atoms with Crippen molar-refractivity contribution in [3.63, 3.8) is 0 Å². The van der Waals surface area contributed by atoms with Gasteiger partial charge in [0.25, 0.3) is 0 Å². The van der Waals surface area contributed by atoms with E-state index < -0.39 is 0 Å². The molecule has 2 aromatic carbocycles. The van der Waals surface area contributed by atoms with Crippen LogP contribution < -0.4 is 5.32 Å². The fourth-order valence-electron chi connectivity index (χ4n) is 2.58. The van der Waals surface area contributed by atoms with Gasteiger partial charge in [0.05, 0.1) is 0 Å². The molecule has 0 spiro atoms. The number of benzene rings is 2. The zero-order chi connectivity index (χ0) is 15.8. The molecule has 0 radical (unpaired) electrons. The van der Waals surface area contributed by atoms with E-state index in [0.29, 0.717) is 12.5 Å². The molecule has 0 aliphatic carbocycles. The zero-order valence-electron chi connectivity index (χ0n) is 12.5. The van der Waals surface area contributed by atoms with Crippen LogP contribution >= 0.6 is 11.6 Å². The van der Waals surface area contributed by atoms with Crippen molar-refractivity contribution in [1.82, 2.24) is 20.2 Å². The van der Waals surface area contributed by atoms with Crippen molar-refractivity contribution in [3.8, 4) is 0 Å². The number of rotatable bonds is 3. The molecule has 6 heteroatoms. The monoisotopic (exact) mass is 323 g/mol. The molecular weight excluding hydrogens is 310 g/mol. The lowest BCUT2D eigenvalue weighted by Gasteiger charge is -2.05. The molecule has 0 unspecified atom stereocenters. The van der Waals surface area contributed by atoms with Gasteiger partial charge in [-0.1, -0.05) is 41.4 Å². The summed E-state index contributed by atoms with van der Waals surface area (Å²) >= 11 is 6.15. The first-order chi connectivity index (χ1) is 11.2. The van der Waals surface area contributed by atoms with Crippen LogP contribution in [0.4, 0.5) is 5.95 Å². The van der Waals surface area contributed by atoms with Gasteiger partial charge < -0.3 is 10.3 Å². The average Bonchev–Trinajstić information content (AvgIpc) is 2.91. The molecule has 2 heterocycles. The first-order valence-corrected chi connectivity index (χ1v) is 7.68. The number of nitrogens with zero attached hydrogens (tertiary/aromatic N) is 3. The third-order valence-electron chi connectivity index (χ3n) is 3.76. The molecule has 0 aliphatic heterocycles. The fraction of sp³-hybridized carbons (Fsp3) is 0.118. The predicted molar refractivity (Wildman–Crippen MR) is 92.7 cm³/mol. The Kier molecular flexibility index (Phi) is 3.35. The maximum Gasteiger partial charge on any atom is 0.245 e. The van der Waals surface area contributed by atoms with Crippen molar-refractivity contribution in [3.05, 3.63) is 58.6 Å². The van der Waals surface area contributed by atoms with E-state index in [1.165, 1.54) is 5.56 Å². The highest BCUT2D eigenvalue weighted by Crippen LogP contribution is 2.23. The number of anilines is 1. The Labute approximate surface area is 137 Å². The van der Waals surface area contributed by atoms with Gasteiger partial charge in [-0.3, -0.25) is 0 Å². The Morgan fingerprint density at radius 1 is 1.13 bits per heavy atom. The first-order valence-electron chi connectivity index (χ1n) is 7.31. The van der Waals surface area contributed by atoms with Crippen LogP contribution in [0, 0.1) is 6.92 Å². The minimum Gasteiger partial charge on any atom is -0.349 e. The van der Waals surface area contributed by atoms with E-state index in [0.717, 1.165) is 32.7 Å². The third kappa shape index (κ3) is 2.59. The second-order valence-electron chi connectivity index (χ2n) is 5.45. The lowest BCUT2D eigenvalue weighted by Crippen LogP contribution is -2.05. The highest BCUT2D eigenvalue weighted by molar-refractivity contribution is 6.31. The van der Waals surface area contributed by atoms with Gasteiger partial charge in [-0.2, -0.15) is 4.98 Å². The molecular formula is C17H14ClN5. The number of hydrogen-bond acceptors (Lipinski definition) is 4. The number of aryl methyl sites for hydroxylation is 1. The summed E-state index contributed by atoms with van der Waals surface area (Å²) in [5.41, 5.74) is 4.69. The molecule has 2 N–H and O–H groups in total. The molecule has 4 rings (SSSR count). The molecule has 23 heavy (non-hydrogen) atoms. The van der Waals surface area contributed by atoms with Crippen LogP contribution in [-0.4, -0.2) is 20.2 Å². The topological polar surface area (TPSA) is 66.5 Å². The van der Waals surface area contributed by atoms with Gasteiger partial charge in [0.2, 0.25) is 5.95 Å². The van der Waals surface area contributed by atoms with Crippen molar-refractivity contribution in [2.24, 2.45) is 0 Å². The molecule has 0 saturated heterocycles. The number of fused-ring (bicyclic) bond motifs is 3. The summed E-state index contributed by atoms with van der Waals surface area (Å²) in [4.78, 5) is 7.78. The number of aromatic amines is 1. The molecule has 4 aromatic rings. The van der Waals surface area contributed by atoms with Crippen LogP contribution in [0.25, 0.3) is 22.1 Å². The van der Waals surface area contributed by atoms with Gasteiger partial charge in [0, 0.05) is 22.5 Å². The fourth-order valence-corrected chi connectivity index (χ4v) is 2.78. The van der Waals surface area contributed by atoms with Gasteiger partial charge >= 0.3 is 0 Å². The molecule has 0 saturated carbocycles. The molecule has 0 aliphatic rings. The second kappa shape index (κ2) is 5.52. The molecule has 0 amide bonds. The number of aromatic nitrogens is 4. The minimum absolute atomic E-state index is 0.473. The lowest BCUT2D eigenvalue weighted by molar-refractivity contribution is 0.983. The summed E-state index contributed by atoms with van der Waals surface area (Å²) in [5, 5.41) is 13.4. The van der Waals surface area contributed by atoms with Crippen molar-refractivity contribution < 1.29 is 0 Å².